The van der Waals surface area contributed by atoms with E-state index < -0.39 is 0 Å². The van der Waals surface area contributed by atoms with Crippen LogP contribution in [0.5, 0.6) is 0 Å². The largest absolute Gasteiger partial charge is 0.312 e. The van der Waals surface area contributed by atoms with Crippen molar-refractivity contribution in [1.29, 1.82) is 0 Å². The topological polar surface area (TPSA) is 15.3 Å². The molecule has 1 saturated carbocycles. The molecule has 0 aromatic rings. The molecule has 2 rings (SSSR count). The standard InChI is InChI=1S/C10H20N2/c1-3-9-6-10(9)12-5-4-11-8(2)7-12/h8-11H,3-7H2,1-2H3. The fourth-order valence-corrected chi connectivity index (χ4v) is 2.38. The lowest BCUT2D eigenvalue weighted by molar-refractivity contribution is 0.190. The Bertz CT molecular complexity index is 158. The Labute approximate surface area is 75.3 Å². The Balaban J connectivity index is 1.81. The second kappa shape index (κ2) is 3.35. The van der Waals surface area contributed by atoms with Gasteiger partial charge in [-0.3, -0.25) is 4.90 Å². The normalized spacial score (nSPS) is 43.0. The van der Waals surface area contributed by atoms with E-state index in [-0.39, 0.29) is 0 Å². The summed E-state index contributed by atoms with van der Waals surface area (Å²) in [5.74, 6) is 1.02. The van der Waals surface area contributed by atoms with Gasteiger partial charge in [-0.15, -0.1) is 0 Å². The third-order valence-corrected chi connectivity index (χ3v) is 3.28. The highest BCUT2D eigenvalue weighted by Gasteiger charge is 2.40. The van der Waals surface area contributed by atoms with E-state index in [4.69, 9.17) is 0 Å². The van der Waals surface area contributed by atoms with Crippen LogP contribution in [0.2, 0.25) is 0 Å². The monoisotopic (exact) mass is 168 g/mol. The van der Waals surface area contributed by atoms with Crippen LogP contribution < -0.4 is 5.32 Å². The molecule has 0 spiro atoms. The first-order valence-corrected chi connectivity index (χ1v) is 5.28. The van der Waals surface area contributed by atoms with Crippen molar-refractivity contribution in [1.82, 2.24) is 10.2 Å². The quantitative estimate of drug-likeness (QED) is 0.663. The van der Waals surface area contributed by atoms with Crippen LogP contribution in [0.1, 0.15) is 26.7 Å². The second-order valence-corrected chi connectivity index (χ2v) is 4.32. The molecule has 1 saturated heterocycles. The Hall–Kier alpha value is -0.0800. The minimum atomic E-state index is 0.705. The fraction of sp³-hybridized carbons (Fsp3) is 1.00. The first kappa shape index (κ1) is 8.52. The molecule has 0 bridgehead atoms. The van der Waals surface area contributed by atoms with Gasteiger partial charge in [0.2, 0.25) is 0 Å². The zero-order valence-electron chi connectivity index (χ0n) is 8.21. The highest BCUT2D eigenvalue weighted by atomic mass is 15.2. The second-order valence-electron chi connectivity index (χ2n) is 4.32. The Kier molecular flexibility index (Phi) is 2.37. The van der Waals surface area contributed by atoms with Crippen molar-refractivity contribution in [3.05, 3.63) is 0 Å². The van der Waals surface area contributed by atoms with E-state index in [1.807, 2.05) is 0 Å². The number of hydrogen-bond acceptors (Lipinski definition) is 2. The predicted octanol–water partition coefficient (Wildman–Crippen LogP) is 1.08. The number of rotatable bonds is 2. The molecule has 0 amide bonds. The van der Waals surface area contributed by atoms with Gasteiger partial charge in [0.15, 0.2) is 0 Å². The molecule has 2 nitrogen and oxygen atoms in total. The Morgan fingerprint density at radius 1 is 1.50 bits per heavy atom. The molecule has 2 heteroatoms. The minimum absolute atomic E-state index is 0.705. The molecule has 12 heavy (non-hydrogen) atoms. The molecule has 2 aliphatic rings. The van der Waals surface area contributed by atoms with Crippen LogP contribution in [0.4, 0.5) is 0 Å². The molecule has 1 heterocycles. The smallest absolute Gasteiger partial charge is 0.0167 e. The average Bonchev–Trinajstić information content (AvgIpc) is 2.83. The van der Waals surface area contributed by atoms with E-state index in [0.29, 0.717) is 6.04 Å². The first-order valence-electron chi connectivity index (χ1n) is 5.28. The zero-order chi connectivity index (χ0) is 8.55. The van der Waals surface area contributed by atoms with E-state index >= 15 is 0 Å². The molecule has 2 fully saturated rings. The van der Waals surface area contributed by atoms with Crippen LogP contribution in [-0.2, 0) is 0 Å². The molecule has 0 aromatic heterocycles. The van der Waals surface area contributed by atoms with E-state index in [1.54, 1.807) is 0 Å². The van der Waals surface area contributed by atoms with Crippen LogP contribution >= 0.6 is 0 Å². The molecular formula is C10H20N2. The maximum atomic E-state index is 3.49. The zero-order valence-corrected chi connectivity index (χ0v) is 8.21. The molecule has 1 aliphatic heterocycles. The molecule has 3 unspecified atom stereocenters. The summed E-state index contributed by atoms with van der Waals surface area (Å²) in [7, 11) is 0. The fourth-order valence-electron chi connectivity index (χ4n) is 2.38. The molecule has 0 radical (unpaired) electrons. The number of piperazine rings is 1. The molecule has 0 aromatic carbocycles. The Morgan fingerprint density at radius 3 is 2.92 bits per heavy atom. The SMILES string of the molecule is CCC1CC1N1CCNC(C)C1. The molecule has 70 valence electrons. The van der Waals surface area contributed by atoms with Crippen LogP contribution in [0.15, 0.2) is 0 Å². The third-order valence-electron chi connectivity index (χ3n) is 3.28. The Morgan fingerprint density at radius 2 is 2.33 bits per heavy atom. The van der Waals surface area contributed by atoms with Gasteiger partial charge < -0.3 is 5.32 Å². The molecule has 1 aliphatic carbocycles. The van der Waals surface area contributed by atoms with E-state index in [9.17, 15) is 0 Å². The number of hydrogen-bond donors (Lipinski definition) is 1. The van der Waals surface area contributed by atoms with Gasteiger partial charge in [-0.25, -0.2) is 0 Å². The molecule has 1 N–H and O–H groups in total. The van der Waals surface area contributed by atoms with Gasteiger partial charge in [-0.2, -0.15) is 0 Å². The van der Waals surface area contributed by atoms with Crippen molar-refractivity contribution in [2.75, 3.05) is 19.6 Å². The third kappa shape index (κ3) is 1.64. The number of nitrogens with one attached hydrogen (secondary N) is 1. The average molecular weight is 168 g/mol. The van der Waals surface area contributed by atoms with Gasteiger partial charge in [-0.1, -0.05) is 13.3 Å². The van der Waals surface area contributed by atoms with Gasteiger partial charge in [0.05, 0.1) is 0 Å². The lowest BCUT2D eigenvalue weighted by Crippen LogP contribution is -2.50. The first-order chi connectivity index (χ1) is 5.81. The summed E-state index contributed by atoms with van der Waals surface area (Å²) in [6.07, 6.45) is 2.84. The van der Waals surface area contributed by atoms with E-state index in [0.717, 1.165) is 12.0 Å². The van der Waals surface area contributed by atoms with Crippen LogP contribution in [0.25, 0.3) is 0 Å². The van der Waals surface area contributed by atoms with Crippen molar-refractivity contribution in [3.63, 3.8) is 0 Å². The van der Waals surface area contributed by atoms with Crippen LogP contribution in [0, 0.1) is 5.92 Å². The van der Waals surface area contributed by atoms with Gasteiger partial charge >= 0.3 is 0 Å². The van der Waals surface area contributed by atoms with Crippen LogP contribution in [-0.4, -0.2) is 36.6 Å². The minimum Gasteiger partial charge on any atom is -0.312 e. The summed E-state index contributed by atoms with van der Waals surface area (Å²) in [4.78, 5) is 2.68. The maximum Gasteiger partial charge on any atom is 0.0167 e. The van der Waals surface area contributed by atoms with Crippen molar-refractivity contribution in [2.24, 2.45) is 5.92 Å². The van der Waals surface area contributed by atoms with Crippen molar-refractivity contribution in [2.45, 2.75) is 38.8 Å². The van der Waals surface area contributed by atoms with Gasteiger partial charge in [0, 0.05) is 31.7 Å². The van der Waals surface area contributed by atoms with Crippen molar-refractivity contribution in [3.8, 4) is 0 Å². The number of nitrogens with zero attached hydrogens (tertiary/aromatic N) is 1. The van der Waals surface area contributed by atoms with Crippen molar-refractivity contribution < 1.29 is 0 Å². The summed E-state index contributed by atoms with van der Waals surface area (Å²) < 4.78 is 0. The summed E-state index contributed by atoms with van der Waals surface area (Å²) in [6, 6.07) is 1.65. The van der Waals surface area contributed by atoms with E-state index in [1.165, 1.54) is 32.5 Å². The van der Waals surface area contributed by atoms with Crippen LogP contribution in [0.3, 0.4) is 0 Å². The highest BCUT2D eigenvalue weighted by Crippen LogP contribution is 2.38. The molecular weight excluding hydrogens is 148 g/mol. The maximum absolute atomic E-state index is 3.49. The summed E-state index contributed by atoms with van der Waals surface area (Å²) in [5, 5.41) is 3.49. The lowest BCUT2D eigenvalue weighted by atomic mass is 10.2. The summed E-state index contributed by atoms with van der Waals surface area (Å²) in [6.45, 7) is 8.33. The van der Waals surface area contributed by atoms with E-state index in [2.05, 4.69) is 24.1 Å². The summed E-state index contributed by atoms with van der Waals surface area (Å²) >= 11 is 0. The molecule has 3 atom stereocenters. The highest BCUT2D eigenvalue weighted by molar-refractivity contribution is 4.96. The van der Waals surface area contributed by atoms with Gasteiger partial charge in [-0.05, 0) is 19.3 Å². The summed E-state index contributed by atoms with van der Waals surface area (Å²) in [5.41, 5.74) is 0. The van der Waals surface area contributed by atoms with Crippen molar-refractivity contribution >= 4 is 0 Å². The lowest BCUT2D eigenvalue weighted by Gasteiger charge is -2.32. The van der Waals surface area contributed by atoms with Gasteiger partial charge in [0.1, 0.15) is 0 Å². The van der Waals surface area contributed by atoms with Gasteiger partial charge in [0.25, 0.3) is 0 Å². The predicted molar refractivity (Wildman–Crippen MR) is 51.2 cm³/mol.